The van der Waals surface area contributed by atoms with E-state index in [2.05, 4.69) is 5.32 Å². The van der Waals surface area contributed by atoms with E-state index in [0.717, 1.165) is 25.9 Å². The van der Waals surface area contributed by atoms with Gasteiger partial charge in [0, 0.05) is 18.0 Å². The van der Waals surface area contributed by atoms with Gasteiger partial charge in [0.15, 0.2) is 6.61 Å². The standard InChI is InChI=1S/C20H22N2O5S/c23-18(21-12-15-6-5-11-26-15)14-28-17-8-2-1-7-16(17)20(25)27-13-19(24)22-9-3-4-10-22/h1-2,5-8,11H,3-4,9-10,12-14H2,(H,21,23). The summed E-state index contributed by atoms with van der Waals surface area (Å²) < 4.78 is 10.4. The Bertz CT molecular complexity index is 816. The summed E-state index contributed by atoms with van der Waals surface area (Å²) in [6.07, 6.45) is 3.52. The summed E-state index contributed by atoms with van der Waals surface area (Å²) in [5.41, 5.74) is 0.348. The summed E-state index contributed by atoms with van der Waals surface area (Å²) in [4.78, 5) is 38.8. The molecule has 0 spiro atoms. The zero-order chi connectivity index (χ0) is 19.8. The molecule has 1 saturated heterocycles. The zero-order valence-electron chi connectivity index (χ0n) is 15.4. The summed E-state index contributed by atoms with van der Waals surface area (Å²) >= 11 is 1.24. The summed E-state index contributed by atoms with van der Waals surface area (Å²) in [6, 6.07) is 10.4. The molecule has 0 radical (unpaired) electrons. The number of hydrogen-bond acceptors (Lipinski definition) is 6. The van der Waals surface area contributed by atoms with Crippen molar-refractivity contribution in [3.8, 4) is 0 Å². The quantitative estimate of drug-likeness (QED) is 0.539. The summed E-state index contributed by atoms with van der Waals surface area (Å²) in [7, 11) is 0. The highest BCUT2D eigenvalue weighted by Gasteiger charge is 2.20. The number of hydrogen-bond donors (Lipinski definition) is 1. The Morgan fingerprint density at radius 2 is 1.89 bits per heavy atom. The number of esters is 1. The third-order valence-corrected chi connectivity index (χ3v) is 5.36. The zero-order valence-corrected chi connectivity index (χ0v) is 16.2. The van der Waals surface area contributed by atoms with Crippen molar-refractivity contribution in [3.63, 3.8) is 0 Å². The molecule has 2 heterocycles. The molecule has 148 valence electrons. The molecule has 2 amide bonds. The van der Waals surface area contributed by atoms with E-state index in [0.29, 0.717) is 22.8 Å². The topological polar surface area (TPSA) is 88.9 Å². The number of thioether (sulfide) groups is 1. The van der Waals surface area contributed by atoms with Gasteiger partial charge in [-0.1, -0.05) is 12.1 Å². The van der Waals surface area contributed by atoms with Crippen molar-refractivity contribution in [3.05, 3.63) is 54.0 Å². The molecular weight excluding hydrogens is 380 g/mol. The van der Waals surface area contributed by atoms with Gasteiger partial charge < -0.3 is 19.4 Å². The van der Waals surface area contributed by atoms with Crippen molar-refractivity contribution in [1.29, 1.82) is 0 Å². The fourth-order valence-electron chi connectivity index (χ4n) is 2.82. The minimum atomic E-state index is -0.563. The van der Waals surface area contributed by atoms with E-state index < -0.39 is 5.97 Å². The molecule has 0 aliphatic carbocycles. The Morgan fingerprint density at radius 3 is 2.64 bits per heavy atom. The van der Waals surface area contributed by atoms with Crippen LogP contribution in [-0.2, 0) is 20.9 Å². The van der Waals surface area contributed by atoms with Crippen LogP contribution >= 0.6 is 11.8 Å². The maximum Gasteiger partial charge on any atom is 0.339 e. The number of likely N-dealkylation sites (tertiary alicyclic amines) is 1. The highest BCUT2D eigenvalue weighted by atomic mass is 32.2. The average molecular weight is 402 g/mol. The lowest BCUT2D eigenvalue weighted by atomic mass is 10.2. The van der Waals surface area contributed by atoms with Gasteiger partial charge in [0.1, 0.15) is 5.76 Å². The Hall–Kier alpha value is -2.74. The molecule has 0 saturated carbocycles. The molecule has 2 aromatic rings. The van der Waals surface area contributed by atoms with Crippen molar-refractivity contribution in [2.24, 2.45) is 0 Å². The van der Waals surface area contributed by atoms with Crippen LogP contribution in [-0.4, -0.2) is 48.1 Å². The summed E-state index contributed by atoms with van der Waals surface area (Å²) in [6.45, 7) is 1.49. The molecule has 28 heavy (non-hydrogen) atoms. The van der Waals surface area contributed by atoms with Gasteiger partial charge in [-0.25, -0.2) is 4.79 Å². The van der Waals surface area contributed by atoms with Gasteiger partial charge >= 0.3 is 5.97 Å². The first-order chi connectivity index (χ1) is 13.6. The average Bonchev–Trinajstić information content (AvgIpc) is 3.43. The van der Waals surface area contributed by atoms with Crippen LogP contribution in [0.2, 0.25) is 0 Å². The normalized spacial score (nSPS) is 13.4. The molecule has 0 atom stereocenters. The number of rotatable bonds is 8. The van der Waals surface area contributed by atoms with E-state index >= 15 is 0 Å². The molecule has 3 rings (SSSR count). The third-order valence-electron chi connectivity index (χ3n) is 4.29. The predicted molar refractivity (Wildman–Crippen MR) is 104 cm³/mol. The second-order valence-corrected chi connectivity index (χ2v) is 7.32. The second kappa shape index (κ2) is 9.98. The van der Waals surface area contributed by atoms with Gasteiger partial charge in [0.2, 0.25) is 5.91 Å². The maximum absolute atomic E-state index is 12.4. The fraction of sp³-hybridized carbons (Fsp3) is 0.350. The Morgan fingerprint density at radius 1 is 1.11 bits per heavy atom. The molecule has 7 nitrogen and oxygen atoms in total. The first kappa shape index (κ1) is 20.0. The lowest BCUT2D eigenvalue weighted by molar-refractivity contribution is -0.133. The predicted octanol–water partition coefficient (Wildman–Crippen LogP) is 2.47. The van der Waals surface area contributed by atoms with Crippen molar-refractivity contribution < 1.29 is 23.5 Å². The highest BCUT2D eigenvalue weighted by Crippen LogP contribution is 2.23. The number of carbonyl (C=O) groups is 3. The van der Waals surface area contributed by atoms with Gasteiger partial charge in [0.05, 0.1) is 24.1 Å². The van der Waals surface area contributed by atoms with Crippen LogP contribution in [0.25, 0.3) is 0 Å². The molecule has 8 heteroatoms. The van der Waals surface area contributed by atoms with Crippen LogP contribution in [0, 0.1) is 0 Å². The van der Waals surface area contributed by atoms with Crippen molar-refractivity contribution in [2.75, 3.05) is 25.4 Å². The number of ether oxygens (including phenoxy) is 1. The van der Waals surface area contributed by atoms with Crippen LogP contribution in [0.1, 0.15) is 29.0 Å². The van der Waals surface area contributed by atoms with E-state index in [1.54, 1.807) is 47.6 Å². The maximum atomic E-state index is 12.4. The van der Waals surface area contributed by atoms with Gasteiger partial charge in [-0.15, -0.1) is 11.8 Å². The van der Waals surface area contributed by atoms with E-state index in [-0.39, 0.29) is 24.2 Å². The van der Waals surface area contributed by atoms with Gasteiger partial charge in [0.25, 0.3) is 5.91 Å². The van der Waals surface area contributed by atoms with E-state index in [9.17, 15) is 14.4 Å². The van der Waals surface area contributed by atoms with Crippen molar-refractivity contribution in [2.45, 2.75) is 24.3 Å². The van der Waals surface area contributed by atoms with Crippen LogP contribution in [0.5, 0.6) is 0 Å². The molecule has 1 fully saturated rings. The number of nitrogens with one attached hydrogen (secondary N) is 1. The SMILES string of the molecule is O=C(CSc1ccccc1C(=O)OCC(=O)N1CCCC1)NCc1ccco1. The smallest absolute Gasteiger partial charge is 0.339 e. The molecule has 0 bridgehead atoms. The monoisotopic (exact) mass is 402 g/mol. The van der Waals surface area contributed by atoms with Crippen LogP contribution < -0.4 is 5.32 Å². The third kappa shape index (κ3) is 5.63. The second-order valence-electron chi connectivity index (χ2n) is 6.30. The minimum Gasteiger partial charge on any atom is -0.467 e. The molecule has 1 aromatic heterocycles. The number of amides is 2. The first-order valence-electron chi connectivity index (χ1n) is 9.09. The molecule has 1 aliphatic rings. The molecule has 0 unspecified atom stereocenters. The van der Waals surface area contributed by atoms with Gasteiger partial charge in [-0.05, 0) is 37.1 Å². The Kier molecular flexibility index (Phi) is 7.13. The fourth-order valence-corrected chi connectivity index (χ4v) is 3.69. The van der Waals surface area contributed by atoms with Crippen molar-refractivity contribution in [1.82, 2.24) is 10.2 Å². The van der Waals surface area contributed by atoms with Gasteiger partial charge in [-0.2, -0.15) is 0 Å². The Balaban J connectivity index is 1.49. The number of carbonyl (C=O) groups excluding carboxylic acids is 3. The van der Waals surface area contributed by atoms with Crippen LogP contribution in [0.3, 0.4) is 0 Å². The molecular formula is C20H22N2O5S. The Labute approximate surface area is 167 Å². The lowest BCUT2D eigenvalue weighted by Crippen LogP contribution is -2.32. The molecule has 1 aromatic carbocycles. The van der Waals surface area contributed by atoms with Crippen molar-refractivity contribution >= 4 is 29.5 Å². The lowest BCUT2D eigenvalue weighted by Gasteiger charge is -2.15. The van der Waals surface area contributed by atoms with Crippen LogP contribution in [0.15, 0.2) is 52.0 Å². The number of benzene rings is 1. The van der Waals surface area contributed by atoms with E-state index in [4.69, 9.17) is 9.15 Å². The van der Waals surface area contributed by atoms with E-state index in [1.165, 1.54) is 11.8 Å². The molecule has 1 aliphatic heterocycles. The summed E-state index contributed by atoms with van der Waals surface area (Å²) in [5, 5.41) is 2.76. The minimum absolute atomic E-state index is 0.151. The largest absolute Gasteiger partial charge is 0.467 e. The van der Waals surface area contributed by atoms with Gasteiger partial charge in [-0.3, -0.25) is 9.59 Å². The first-order valence-corrected chi connectivity index (χ1v) is 10.1. The molecule has 1 N–H and O–H groups in total. The summed E-state index contributed by atoms with van der Waals surface area (Å²) in [5.74, 6) is -0.0868. The number of nitrogens with zero attached hydrogens (tertiary/aromatic N) is 1. The number of furan rings is 1. The van der Waals surface area contributed by atoms with E-state index in [1.807, 2.05) is 0 Å². The van der Waals surface area contributed by atoms with Crippen LogP contribution in [0.4, 0.5) is 0 Å². The highest BCUT2D eigenvalue weighted by molar-refractivity contribution is 8.00.